The van der Waals surface area contributed by atoms with Gasteiger partial charge in [0.2, 0.25) is 0 Å². The molecule has 47 heavy (non-hydrogen) atoms. The number of furan rings is 1. The fourth-order valence-corrected chi connectivity index (χ4v) is 5.76. The lowest BCUT2D eigenvalue weighted by Gasteiger charge is -2.12. The van der Waals surface area contributed by atoms with Gasteiger partial charge in [0.05, 0.1) is 16.4 Å². The Labute approximate surface area is 288 Å². The second kappa shape index (κ2) is 11.2. The summed E-state index contributed by atoms with van der Waals surface area (Å²) in [6, 6.07) is 22.1. The first-order valence-corrected chi connectivity index (χ1v) is 14.7. The fraction of sp³-hybridized carbons (Fsp3) is 0. The normalized spacial score (nSPS) is 15.0. The summed E-state index contributed by atoms with van der Waals surface area (Å²) in [4.78, 5) is 14.7. The summed E-state index contributed by atoms with van der Waals surface area (Å²) in [6.45, 7) is 0. The van der Waals surface area contributed by atoms with E-state index in [2.05, 4.69) is 0 Å². The van der Waals surface area contributed by atoms with E-state index >= 15 is 0 Å². The molecule has 9 rings (SSSR count). The van der Waals surface area contributed by atoms with Gasteiger partial charge < -0.3 is 4.42 Å². The van der Waals surface area contributed by atoms with Gasteiger partial charge >= 0.3 is 0 Å². The number of nitrogens with zero attached hydrogens (tertiary/aromatic N) is 3. The van der Waals surface area contributed by atoms with Crippen LogP contribution in [0, 0.1) is 0 Å². The molecule has 7 aromatic carbocycles. The summed E-state index contributed by atoms with van der Waals surface area (Å²) in [5, 5.41) is 1.56. The maximum Gasteiger partial charge on any atom is 0.164 e. The molecule has 0 aliphatic carbocycles. The van der Waals surface area contributed by atoms with Crippen molar-refractivity contribution in [3.8, 4) is 56.4 Å². The van der Waals surface area contributed by atoms with Crippen LogP contribution < -0.4 is 0 Å². The molecule has 0 amide bonds. The van der Waals surface area contributed by atoms with Crippen molar-refractivity contribution in [2.45, 2.75) is 0 Å². The van der Waals surface area contributed by atoms with Gasteiger partial charge in [-0.2, -0.15) is 0 Å². The Balaban J connectivity index is 1.25. The highest BCUT2D eigenvalue weighted by atomic mass is 16.3. The highest BCUT2D eigenvalue weighted by Crippen LogP contribution is 2.38. The first-order valence-electron chi connectivity index (χ1n) is 20.7. The Morgan fingerprint density at radius 3 is 2.04 bits per heavy atom. The molecule has 2 heterocycles. The van der Waals surface area contributed by atoms with E-state index in [0.29, 0.717) is 44.9 Å². The van der Waals surface area contributed by atoms with Crippen molar-refractivity contribution in [2.75, 3.05) is 0 Å². The summed E-state index contributed by atoms with van der Waals surface area (Å²) in [7, 11) is 0. The van der Waals surface area contributed by atoms with Crippen molar-refractivity contribution in [2.24, 2.45) is 0 Å². The summed E-state index contributed by atoms with van der Waals surface area (Å²) in [5.74, 6) is 0.928. The zero-order valence-electron chi connectivity index (χ0n) is 36.4. The SMILES string of the molecule is [2H]c1c([2H])c([2H])c(-c2ccc3c(-c4nc(-c5ccccc5)nc(-c5cccc(-c6c([2H])c([2H])c([2H])c7oc8c([2H])c([2H])c([2H])c([2H])c8c67)c5)n4)cccc3c2)c([2H])c1[2H]. The minimum absolute atomic E-state index is 0.00731. The zero-order valence-corrected chi connectivity index (χ0v) is 24.4. The molecule has 4 heteroatoms. The van der Waals surface area contributed by atoms with Crippen LogP contribution in [0.1, 0.15) is 16.4 Å². The first kappa shape index (κ1) is 17.3. The molecule has 0 saturated carbocycles. The number of fused-ring (bicyclic) bond motifs is 4. The largest absolute Gasteiger partial charge is 0.456 e. The molecule has 0 unspecified atom stereocenters. The standard InChI is InChI=1S/C43H27N3O/c1-3-12-28(13-4-1)30-24-25-34-31(26-30)17-10-21-36(34)43-45-41(29-14-5-2-6-15-29)44-42(46-43)33-18-9-16-32(27-33)35-20-11-23-39-40(35)37-19-7-8-22-38(37)47-39/h1-27H/i1D,3D,4D,7D,8D,11D,12D,13D,19D,20D,22D,23D. The van der Waals surface area contributed by atoms with Crippen molar-refractivity contribution >= 4 is 32.7 Å². The summed E-state index contributed by atoms with van der Waals surface area (Å²) < 4.78 is 107. The first-order chi connectivity index (χ1) is 28.3. The van der Waals surface area contributed by atoms with Crippen LogP contribution in [0.3, 0.4) is 0 Å². The molecule has 0 aliphatic heterocycles. The van der Waals surface area contributed by atoms with E-state index in [1.807, 2.05) is 48.5 Å². The minimum atomic E-state index is -0.505. The van der Waals surface area contributed by atoms with Gasteiger partial charge in [0.25, 0.3) is 0 Å². The monoisotopic (exact) mass is 613 g/mol. The Bertz CT molecular complexity index is 3230. The van der Waals surface area contributed by atoms with Gasteiger partial charge in [-0.15, -0.1) is 0 Å². The maximum absolute atomic E-state index is 9.03. The van der Waals surface area contributed by atoms with Crippen LogP contribution in [-0.2, 0) is 0 Å². The highest BCUT2D eigenvalue weighted by molar-refractivity contribution is 6.12. The quantitative estimate of drug-likeness (QED) is 0.194. The topological polar surface area (TPSA) is 51.8 Å². The van der Waals surface area contributed by atoms with Gasteiger partial charge in [-0.3, -0.25) is 0 Å². The van der Waals surface area contributed by atoms with E-state index in [4.69, 9.17) is 35.8 Å². The van der Waals surface area contributed by atoms with Crippen LogP contribution in [0.25, 0.3) is 89.1 Å². The predicted molar refractivity (Wildman–Crippen MR) is 192 cm³/mol. The fourth-order valence-electron chi connectivity index (χ4n) is 5.76. The zero-order chi connectivity index (χ0) is 41.6. The van der Waals surface area contributed by atoms with E-state index in [1.165, 1.54) is 0 Å². The Kier molecular flexibility index (Phi) is 4.13. The second-order valence-electron chi connectivity index (χ2n) is 10.8. The third kappa shape index (κ3) is 4.84. The average molecular weight is 614 g/mol. The van der Waals surface area contributed by atoms with Crippen LogP contribution in [-0.4, -0.2) is 15.0 Å². The lowest BCUT2D eigenvalue weighted by molar-refractivity contribution is 0.669. The van der Waals surface area contributed by atoms with E-state index in [0.717, 1.165) is 5.39 Å². The molecule has 0 N–H and O–H groups in total. The van der Waals surface area contributed by atoms with Crippen molar-refractivity contribution in [3.63, 3.8) is 0 Å². The van der Waals surface area contributed by atoms with Crippen molar-refractivity contribution in [3.05, 3.63) is 164 Å². The van der Waals surface area contributed by atoms with Gasteiger partial charge in [-0.1, -0.05) is 139 Å². The van der Waals surface area contributed by atoms with Gasteiger partial charge in [-0.25, -0.2) is 15.0 Å². The van der Waals surface area contributed by atoms with E-state index in [1.54, 1.807) is 42.5 Å². The van der Waals surface area contributed by atoms with Gasteiger partial charge in [0.1, 0.15) is 11.2 Å². The molecule has 0 fully saturated rings. The molecule has 0 saturated heterocycles. The summed E-state index contributed by atoms with van der Waals surface area (Å²) in [5.41, 5.74) is 2.60. The second-order valence-corrected chi connectivity index (χ2v) is 10.8. The molecule has 0 spiro atoms. The third-order valence-electron chi connectivity index (χ3n) is 7.93. The molecule has 2 aromatic heterocycles. The van der Waals surface area contributed by atoms with Crippen molar-refractivity contribution < 1.29 is 20.9 Å². The maximum atomic E-state index is 9.03. The van der Waals surface area contributed by atoms with Gasteiger partial charge in [0.15, 0.2) is 17.5 Å². The third-order valence-corrected chi connectivity index (χ3v) is 7.93. The molecule has 4 nitrogen and oxygen atoms in total. The molecule has 0 radical (unpaired) electrons. The van der Waals surface area contributed by atoms with Crippen molar-refractivity contribution in [1.82, 2.24) is 15.0 Å². The number of rotatable bonds is 5. The van der Waals surface area contributed by atoms with E-state index < -0.39 is 48.3 Å². The number of hydrogen-bond donors (Lipinski definition) is 0. The number of para-hydroxylation sites is 1. The minimum Gasteiger partial charge on any atom is -0.456 e. The number of hydrogen-bond acceptors (Lipinski definition) is 4. The van der Waals surface area contributed by atoms with Crippen LogP contribution in [0.5, 0.6) is 0 Å². The van der Waals surface area contributed by atoms with Gasteiger partial charge in [0, 0.05) is 27.5 Å². The summed E-state index contributed by atoms with van der Waals surface area (Å²) in [6.07, 6.45) is 0. The van der Waals surface area contributed by atoms with E-state index in [9.17, 15) is 0 Å². The molecule has 9 aromatic rings. The predicted octanol–water partition coefficient (Wildman–Crippen LogP) is 11.3. The van der Waals surface area contributed by atoms with Crippen LogP contribution in [0.15, 0.2) is 168 Å². The molecule has 0 atom stereocenters. The molecular weight excluding hydrogens is 574 g/mol. The molecule has 0 aliphatic rings. The van der Waals surface area contributed by atoms with Gasteiger partial charge in [-0.05, 0) is 57.2 Å². The summed E-state index contributed by atoms with van der Waals surface area (Å²) >= 11 is 0. The highest BCUT2D eigenvalue weighted by Gasteiger charge is 2.17. The molecular formula is C43H27N3O. The van der Waals surface area contributed by atoms with E-state index in [-0.39, 0.29) is 63.1 Å². The molecule has 220 valence electrons. The van der Waals surface area contributed by atoms with Crippen LogP contribution in [0.4, 0.5) is 0 Å². The number of aromatic nitrogens is 3. The Morgan fingerprint density at radius 1 is 0.426 bits per heavy atom. The Hall–Kier alpha value is -6.39. The van der Waals surface area contributed by atoms with Crippen molar-refractivity contribution in [1.29, 1.82) is 0 Å². The molecule has 0 bridgehead atoms. The number of benzene rings is 7. The van der Waals surface area contributed by atoms with Crippen LogP contribution in [0.2, 0.25) is 0 Å². The average Bonchev–Trinajstić information content (AvgIpc) is 3.66. The smallest absolute Gasteiger partial charge is 0.164 e. The Morgan fingerprint density at radius 2 is 1.15 bits per heavy atom. The lowest BCUT2D eigenvalue weighted by Crippen LogP contribution is -2.00. The van der Waals surface area contributed by atoms with Crippen LogP contribution >= 0.6 is 0 Å². The lowest BCUT2D eigenvalue weighted by atomic mass is 9.97.